The molecule has 0 aliphatic carbocycles. The minimum atomic E-state index is 0.857. The van der Waals surface area contributed by atoms with Crippen molar-refractivity contribution in [3.05, 3.63) is 54.3 Å². The van der Waals surface area contributed by atoms with Gasteiger partial charge in [-0.3, -0.25) is 0 Å². The maximum Gasteiger partial charge on any atom is 0.0209 e. The van der Waals surface area contributed by atoms with Crippen LogP contribution in [0.15, 0.2) is 48.7 Å². The maximum atomic E-state index is 3.50. The zero-order valence-corrected chi connectivity index (χ0v) is 7.79. The lowest BCUT2D eigenvalue weighted by Crippen LogP contribution is -2.16. The molecule has 0 aliphatic heterocycles. The molecule has 0 spiro atoms. The Hall–Kier alpha value is -1.30. The van der Waals surface area contributed by atoms with Crippen LogP contribution in [0.3, 0.4) is 0 Å². The van der Waals surface area contributed by atoms with Crippen molar-refractivity contribution >= 4 is 0 Å². The van der Waals surface area contributed by atoms with Gasteiger partial charge in [-0.05, 0) is 24.6 Å². The second-order valence-electron chi connectivity index (χ2n) is 2.85. The van der Waals surface area contributed by atoms with E-state index in [1.54, 1.807) is 0 Å². The van der Waals surface area contributed by atoms with E-state index in [2.05, 4.69) is 41.9 Å². The Balaban J connectivity index is 2.17. The van der Waals surface area contributed by atoms with Gasteiger partial charge in [-0.25, -0.2) is 0 Å². The predicted octanol–water partition coefficient (Wildman–Crippen LogP) is 2.16. The van der Waals surface area contributed by atoms with Crippen LogP contribution in [0.4, 0.5) is 0 Å². The molecule has 0 heterocycles. The van der Waals surface area contributed by atoms with Crippen LogP contribution in [0.1, 0.15) is 5.56 Å². The molecule has 0 atom stereocenters. The summed E-state index contributed by atoms with van der Waals surface area (Å²) in [4.78, 5) is 0. The summed E-state index contributed by atoms with van der Waals surface area (Å²) in [5, 5.41) is 3.28. The fraction of sp³-hybridized carbons (Fsp3) is 0.250. The van der Waals surface area contributed by atoms with Gasteiger partial charge >= 0.3 is 0 Å². The first kappa shape index (κ1) is 9.79. The second-order valence-corrected chi connectivity index (χ2v) is 2.85. The van der Waals surface area contributed by atoms with Gasteiger partial charge in [-0.2, -0.15) is 0 Å². The van der Waals surface area contributed by atoms with Crippen molar-refractivity contribution in [2.45, 2.75) is 6.42 Å². The van der Waals surface area contributed by atoms with Crippen molar-refractivity contribution in [1.82, 2.24) is 5.32 Å². The summed E-state index contributed by atoms with van der Waals surface area (Å²) in [6, 6.07) is 10.5. The number of nitrogens with one attached hydrogen (secondary N) is 1. The minimum absolute atomic E-state index is 0.857. The zero-order chi connectivity index (χ0) is 9.36. The molecule has 13 heavy (non-hydrogen) atoms. The molecule has 0 fully saturated rings. The van der Waals surface area contributed by atoms with E-state index in [0.29, 0.717) is 0 Å². The predicted molar refractivity (Wildman–Crippen MR) is 56.7 cm³/mol. The SMILES string of the molecule is C=C=CCNCCc1ccccc1. The molecule has 1 aromatic rings. The van der Waals surface area contributed by atoms with Gasteiger partial charge in [-0.1, -0.05) is 36.9 Å². The van der Waals surface area contributed by atoms with Crippen molar-refractivity contribution < 1.29 is 0 Å². The summed E-state index contributed by atoms with van der Waals surface area (Å²) in [5.41, 5.74) is 4.10. The van der Waals surface area contributed by atoms with Crippen molar-refractivity contribution in [1.29, 1.82) is 0 Å². The molecule has 1 heteroatoms. The summed E-state index contributed by atoms with van der Waals surface area (Å²) in [6.07, 6.45) is 2.97. The topological polar surface area (TPSA) is 12.0 Å². The highest BCUT2D eigenvalue weighted by molar-refractivity contribution is 5.14. The third-order valence-electron chi connectivity index (χ3n) is 1.82. The van der Waals surface area contributed by atoms with Gasteiger partial charge in [0, 0.05) is 6.54 Å². The minimum Gasteiger partial charge on any atom is -0.312 e. The molecule has 0 radical (unpaired) electrons. The Morgan fingerprint density at radius 3 is 2.77 bits per heavy atom. The lowest BCUT2D eigenvalue weighted by atomic mass is 10.1. The summed E-state index contributed by atoms with van der Waals surface area (Å²) < 4.78 is 0. The summed E-state index contributed by atoms with van der Waals surface area (Å²) in [5.74, 6) is 0. The van der Waals surface area contributed by atoms with Crippen LogP contribution in [0.2, 0.25) is 0 Å². The van der Waals surface area contributed by atoms with Gasteiger partial charge < -0.3 is 5.32 Å². The van der Waals surface area contributed by atoms with Crippen LogP contribution >= 0.6 is 0 Å². The van der Waals surface area contributed by atoms with Crippen molar-refractivity contribution in [2.24, 2.45) is 0 Å². The first-order chi connectivity index (χ1) is 6.43. The number of hydrogen-bond acceptors (Lipinski definition) is 1. The first-order valence-corrected chi connectivity index (χ1v) is 4.52. The molecule has 0 saturated carbocycles. The molecule has 0 aliphatic rings. The third-order valence-corrected chi connectivity index (χ3v) is 1.82. The van der Waals surface area contributed by atoms with E-state index in [-0.39, 0.29) is 0 Å². The van der Waals surface area contributed by atoms with E-state index < -0.39 is 0 Å². The van der Waals surface area contributed by atoms with E-state index in [4.69, 9.17) is 0 Å². The Morgan fingerprint density at radius 1 is 1.31 bits per heavy atom. The molecule has 68 valence electrons. The first-order valence-electron chi connectivity index (χ1n) is 4.52. The van der Waals surface area contributed by atoms with Gasteiger partial charge in [0.1, 0.15) is 0 Å². The van der Waals surface area contributed by atoms with E-state index in [1.807, 2.05) is 12.1 Å². The summed E-state index contributed by atoms with van der Waals surface area (Å²) in [6.45, 7) is 5.36. The molecule has 0 bridgehead atoms. The smallest absolute Gasteiger partial charge is 0.0209 e. The second kappa shape index (κ2) is 6.24. The lowest BCUT2D eigenvalue weighted by molar-refractivity contribution is 0.745. The highest BCUT2D eigenvalue weighted by Gasteiger charge is 1.88. The summed E-state index contributed by atoms with van der Waals surface area (Å²) in [7, 11) is 0. The summed E-state index contributed by atoms with van der Waals surface area (Å²) >= 11 is 0. The van der Waals surface area contributed by atoms with Crippen molar-refractivity contribution in [3.63, 3.8) is 0 Å². The van der Waals surface area contributed by atoms with Crippen LogP contribution in [0, 0.1) is 0 Å². The normalized spacial score (nSPS) is 9.23. The maximum absolute atomic E-state index is 3.50. The number of hydrogen-bond donors (Lipinski definition) is 1. The standard InChI is InChI=1S/C12H15N/c1-2-3-10-13-11-9-12-7-5-4-6-8-12/h3-8,13H,1,9-11H2. The average molecular weight is 173 g/mol. The quantitative estimate of drug-likeness (QED) is 0.531. The Bertz CT molecular complexity index is 270. The van der Waals surface area contributed by atoms with Crippen LogP contribution in [-0.2, 0) is 6.42 Å². The molecule has 0 unspecified atom stereocenters. The highest BCUT2D eigenvalue weighted by atomic mass is 14.8. The number of rotatable bonds is 5. The van der Waals surface area contributed by atoms with Crippen LogP contribution in [0.25, 0.3) is 0 Å². The van der Waals surface area contributed by atoms with Gasteiger partial charge in [0.25, 0.3) is 0 Å². The molecule has 1 aromatic carbocycles. The number of benzene rings is 1. The molecule has 0 saturated heterocycles. The molecule has 1 N–H and O–H groups in total. The third kappa shape index (κ3) is 4.32. The molecular formula is C12H15N. The van der Waals surface area contributed by atoms with Crippen LogP contribution < -0.4 is 5.32 Å². The van der Waals surface area contributed by atoms with E-state index in [9.17, 15) is 0 Å². The van der Waals surface area contributed by atoms with E-state index in [1.165, 1.54) is 5.56 Å². The van der Waals surface area contributed by atoms with Gasteiger partial charge in [0.2, 0.25) is 0 Å². The Morgan fingerprint density at radius 2 is 2.08 bits per heavy atom. The molecular weight excluding hydrogens is 158 g/mol. The van der Waals surface area contributed by atoms with Crippen LogP contribution in [0.5, 0.6) is 0 Å². The van der Waals surface area contributed by atoms with E-state index in [0.717, 1.165) is 19.5 Å². The Labute approximate surface area is 79.8 Å². The highest BCUT2D eigenvalue weighted by Crippen LogP contribution is 1.97. The zero-order valence-electron chi connectivity index (χ0n) is 7.79. The average Bonchev–Trinajstić information content (AvgIpc) is 2.19. The van der Waals surface area contributed by atoms with Crippen molar-refractivity contribution in [3.8, 4) is 0 Å². The fourth-order valence-corrected chi connectivity index (χ4v) is 1.12. The van der Waals surface area contributed by atoms with Gasteiger partial charge in [0.15, 0.2) is 0 Å². The van der Waals surface area contributed by atoms with Crippen molar-refractivity contribution in [2.75, 3.05) is 13.1 Å². The van der Waals surface area contributed by atoms with Gasteiger partial charge in [0.05, 0.1) is 0 Å². The molecule has 1 nitrogen and oxygen atoms in total. The van der Waals surface area contributed by atoms with E-state index >= 15 is 0 Å². The van der Waals surface area contributed by atoms with Crippen LogP contribution in [-0.4, -0.2) is 13.1 Å². The lowest BCUT2D eigenvalue weighted by Gasteiger charge is -2.00. The molecule has 0 amide bonds. The Kier molecular flexibility index (Phi) is 4.70. The molecule has 0 aromatic heterocycles. The monoisotopic (exact) mass is 173 g/mol. The molecule has 1 rings (SSSR count). The van der Waals surface area contributed by atoms with Gasteiger partial charge in [-0.15, -0.1) is 5.73 Å². The fourth-order valence-electron chi connectivity index (χ4n) is 1.12. The largest absolute Gasteiger partial charge is 0.312 e.